The molecule has 1 saturated carbocycles. The fraction of sp³-hybridized carbons (Fsp3) is 0.933. The normalized spacial score (nSPS) is 27.2. The molecule has 19 heavy (non-hydrogen) atoms. The van der Waals surface area contributed by atoms with Gasteiger partial charge in [0.25, 0.3) is 0 Å². The molecule has 1 aliphatic carbocycles. The Morgan fingerprint density at radius 1 is 1.26 bits per heavy atom. The molecule has 1 heterocycles. The second-order valence-electron chi connectivity index (χ2n) is 6.44. The van der Waals surface area contributed by atoms with Gasteiger partial charge >= 0.3 is 0 Å². The minimum Gasteiger partial charge on any atom is -0.354 e. The van der Waals surface area contributed by atoms with Gasteiger partial charge in [0.05, 0.1) is 5.92 Å². The van der Waals surface area contributed by atoms with E-state index in [1.807, 2.05) is 0 Å². The van der Waals surface area contributed by atoms with Gasteiger partial charge < -0.3 is 15.5 Å². The number of rotatable bonds is 4. The van der Waals surface area contributed by atoms with Crippen molar-refractivity contribution in [3.63, 3.8) is 0 Å². The third-order valence-electron chi connectivity index (χ3n) is 4.99. The molecule has 2 fully saturated rings. The molecule has 110 valence electrons. The Kier molecular flexibility index (Phi) is 5.22. The Morgan fingerprint density at radius 3 is 2.58 bits per heavy atom. The highest BCUT2D eigenvalue weighted by atomic mass is 16.1. The van der Waals surface area contributed by atoms with Gasteiger partial charge in [-0.1, -0.05) is 19.3 Å². The van der Waals surface area contributed by atoms with Crippen LogP contribution in [0, 0.1) is 5.92 Å². The molecule has 1 amide bonds. The Balaban J connectivity index is 1.86. The van der Waals surface area contributed by atoms with E-state index >= 15 is 0 Å². The molecule has 2 aliphatic rings. The van der Waals surface area contributed by atoms with Crippen LogP contribution in [0.15, 0.2) is 0 Å². The van der Waals surface area contributed by atoms with Crippen LogP contribution in [0.25, 0.3) is 0 Å². The zero-order chi connectivity index (χ0) is 13.7. The molecule has 2 N–H and O–H groups in total. The Labute approximate surface area is 117 Å². The highest BCUT2D eigenvalue weighted by molar-refractivity contribution is 5.79. The van der Waals surface area contributed by atoms with Gasteiger partial charge in [0.15, 0.2) is 0 Å². The molecule has 0 spiro atoms. The number of piperidine rings is 1. The predicted molar refractivity (Wildman–Crippen MR) is 78.1 cm³/mol. The maximum absolute atomic E-state index is 12.2. The summed E-state index contributed by atoms with van der Waals surface area (Å²) in [6, 6.07) is 0. The van der Waals surface area contributed by atoms with Crippen molar-refractivity contribution in [1.82, 2.24) is 15.5 Å². The summed E-state index contributed by atoms with van der Waals surface area (Å²) in [4.78, 5) is 14.6. The quantitative estimate of drug-likeness (QED) is 0.808. The van der Waals surface area contributed by atoms with Gasteiger partial charge in [0.2, 0.25) is 5.91 Å². The van der Waals surface area contributed by atoms with Crippen molar-refractivity contribution in [2.24, 2.45) is 5.92 Å². The van der Waals surface area contributed by atoms with E-state index in [4.69, 9.17) is 0 Å². The first-order valence-corrected chi connectivity index (χ1v) is 7.80. The summed E-state index contributed by atoms with van der Waals surface area (Å²) in [5, 5.41) is 6.54. The van der Waals surface area contributed by atoms with Crippen molar-refractivity contribution in [3.8, 4) is 0 Å². The molecule has 4 heteroatoms. The monoisotopic (exact) mass is 267 g/mol. The molecular formula is C15H29N3O. The van der Waals surface area contributed by atoms with Gasteiger partial charge in [0.1, 0.15) is 0 Å². The van der Waals surface area contributed by atoms with Crippen LogP contribution in [-0.2, 0) is 4.79 Å². The molecule has 0 aromatic heterocycles. The van der Waals surface area contributed by atoms with E-state index in [0.29, 0.717) is 0 Å². The van der Waals surface area contributed by atoms with Crippen molar-refractivity contribution in [3.05, 3.63) is 0 Å². The highest BCUT2D eigenvalue weighted by Crippen LogP contribution is 2.31. The van der Waals surface area contributed by atoms with Crippen molar-refractivity contribution < 1.29 is 4.79 Å². The van der Waals surface area contributed by atoms with Crippen LogP contribution in [0.2, 0.25) is 0 Å². The Bertz CT molecular complexity index is 292. The number of hydrogen-bond donors (Lipinski definition) is 2. The number of amides is 1. The zero-order valence-corrected chi connectivity index (χ0v) is 12.5. The maximum atomic E-state index is 12.2. The van der Waals surface area contributed by atoms with Gasteiger partial charge in [-0.15, -0.1) is 0 Å². The minimum absolute atomic E-state index is 0.177. The van der Waals surface area contributed by atoms with E-state index in [0.717, 1.165) is 32.5 Å². The number of nitrogens with zero attached hydrogens (tertiary/aromatic N) is 1. The lowest BCUT2D eigenvalue weighted by atomic mass is 9.80. The molecule has 1 saturated heterocycles. The third-order valence-corrected chi connectivity index (χ3v) is 4.99. The summed E-state index contributed by atoms with van der Waals surface area (Å²) in [5.41, 5.74) is 0.190. The van der Waals surface area contributed by atoms with E-state index in [-0.39, 0.29) is 17.4 Å². The van der Waals surface area contributed by atoms with Crippen LogP contribution in [0.5, 0.6) is 0 Å². The van der Waals surface area contributed by atoms with E-state index in [2.05, 4.69) is 29.6 Å². The summed E-state index contributed by atoms with van der Waals surface area (Å²) < 4.78 is 0. The van der Waals surface area contributed by atoms with Gasteiger partial charge in [-0.25, -0.2) is 0 Å². The first-order chi connectivity index (χ1) is 9.14. The lowest BCUT2D eigenvalue weighted by Gasteiger charge is -2.43. The molecule has 2 rings (SSSR count). The molecule has 0 bridgehead atoms. The number of nitrogens with one attached hydrogen (secondary N) is 2. The van der Waals surface area contributed by atoms with Crippen LogP contribution >= 0.6 is 0 Å². The second kappa shape index (κ2) is 6.71. The lowest BCUT2D eigenvalue weighted by Crippen LogP contribution is -2.55. The summed E-state index contributed by atoms with van der Waals surface area (Å²) in [5.74, 6) is 0.426. The van der Waals surface area contributed by atoms with Crippen molar-refractivity contribution in [2.75, 3.05) is 33.7 Å². The standard InChI is InChI=1S/C15H29N3O/c1-18(2)15(8-4-3-5-9-15)12-17-14(19)13-7-6-10-16-11-13/h13,16H,3-12H2,1-2H3,(H,17,19)/t13-/m1/s1. The second-order valence-corrected chi connectivity index (χ2v) is 6.44. The van der Waals surface area contributed by atoms with E-state index in [1.54, 1.807) is 0 Å². The average Bonchev–Trinajstić information content (AvgIpc) is 2.46. The number of hydrogen-bond acceptors (Lipinski definition) is 3. The summed E-state index contributed by atoms with van der Waals surface area (Å²) in [6.07, 6.45) is 8.51. The maximum Gasteiger partial charge on any atom is 0.224 e. The van der Waals surface area contributed by atoms with E-state index in [1.165, 1.54) is 32.1 Å². The molecule has 1 aliphatic heterocycles. The lowest BCUT2D eigenvalue weighted by molar-refractivity contribution is -0.126. The first kappa shape index (κ1) is 14.8. The fourth-order valence-electron chi connectivity index (χ4n) is 3.46. The fourth-order valence-corrected chi connectivity index (χ4v) is 3.46. The number of likely N-dealkylation sites (N-methyl/N-ethyl adjacent to an activating group) is 1. The summed E-state index contributed by atoms with van der Waals surface area (Å²) >= 11 is 0. The van der Waals surface area contributed by atoms with Crippen molar-refractivity contribution in [2.45, 2.75) is 50.5 Å². The molecule has 4 nitrogen and oxygen atoms in total. The number of carbonyl (C=O) groups excluding carboxylic acids is 1. The van der Waals surface area contributed by atoms with Crippen LogP contribution in [0.3, 0.4) is 0 Å². The molecule has 0 radical (unpaired) electrons. The Morgan fingerprint density at radius 2 is 2.00 bits per heavy atom. The predicted octanol–water partition coefficient (Wildman–Crippen LogP) is 1.37. The van der Waals surface area contributed by atoms with Gasteiger partial charge in [-0.05, 0) is 46.3 Å². The smallest absolute Gasteiger partial charge is 0.224 e. The highest BCUT2D eigenvalue weighted by Gasteiger charge is 2.35. The van der Waals surface area contributed by atoms with Crippen molar-refractivity contribution >= 4 is 5.91 Å². The minimum atomic E-state index is 0.177. The molecule has 0 unspecified atom stereocenters. The van der Waals surface area contributed by atoms with Crippen LogP contribution < -0.4 is 10.6 Å². The van der Waals surface area contributed by atoms with Crippen LogP contribution in [-0.4, -0.2) is 50.1 Å². The largest absolute Gasteiger partial charge is 0.354 e. The van der Waals surface area contributed by atoms with Gasteiger partial charge in [-0.3, -0.25) is 4.79 Å². The number of carbonyl (C=O) groups is 1. The van der Waals surface area contributed by atoms with Crippen LogP contribution in [0.4, 0.5) is 0 Å². The molecular weight excluding hydrogens is 238 g/mol. The third kappa shape index (κ3) is 3.69. The van der Waals surface area contributed by atoms with E-state index < -0.39 is 0 Å². The van der Waals surface area contributed by atoms with Gasteiger partial charge in [0, 0.05) is 18.6 Å². The summed E-state index contributed by atoms with van der Waals surface area (Å²) in [7, 11) is 4.30. The Hall–Kier alpha value is -0.610. The zero-order valence-electron chi connectivity index (χ0n) is 12.5. The SMILES string of the molecule is CN(C)C1(CNC(=O)[C@@H]2CCCNC2)CCCCC1. The van der Waals surface area contributed by atoms with Crippen molar-refractivity contribution in [1.29, 1.82) is 0 Å². The molecule has 1 atom stereocenters. The van der Waals surface area contributed by atoms with Gasteiger partial charge in [-0.2, -0.15) is 0 Å². The average molecular weight is 267 g/mol. The topological polar surface area (TPSA) is 44.4 Å². The van der Waals surface area contributed by atoms with Crippen LogP contribution in [0.1, 0.15) is 44.9 Å². The summed E-state index contributed by atoms with van der Waals surface area (Å²) in [6.45, 7) is 2.72. The molecule has 0 aromatic carbocycles. The first-order valence-electron chi connectivity index (χ1n) is 7.80. The van der Waals surface area contributed by atoms with E-state index in [9.17, 15) is 4.79 Å². The molecule has 0 aromatic rings.